The Morgan fingerprint density at radius 3 is 2.78 bits per heavy atom. The van der Waals surface area contributed by atoms with Crippen molar-refractivity contribution in [2.75, 3.05) is 5.73 Å². The highest BCUT2D eigenvalue weighted by molar-refractivity contribution is 5.65. The summed E-state index contributed by atoms with van der Waals surface area (Å²) < 4.78 is 13.9. The van der Waals surface area contributed by atoms with Gasteiger partial charge in [0.15, 0.2) is 5.82 Å². The van der Waals surface area contributed by atoms with Gasteiger partial charge in [-0.15, -0.1) is 0 Å². The van der Waals surface area contributed by atoms with E-state index in [0.717, 1.165) is 12.0 Å². The Balaban J connectivity index is 1.71. The quantitative estimate of drug-likeness (QED) is 0.718. The Kier molecular flexibility index (Phi) is 4.59. The zero-order valence-corrected chi connectivity index (χ0v) is 15.4. The highest BCUT2D eigenvalue weighted by Crippen LogP contribution is 2.44. The van der Waals surface area contributed by atoms with E-state index in [4.69, 9.17) is 15.2 Å². The second-order valence-electron chi connectivity index (χ2n) is 7.00. The van der Waals surface area contributed by atoms with Gasteiger partial charge in [-0.2, -0.15) is 5.10 Å². The molecule has 27 heavy (non-hydrogen) atoms. The summed E-state index contributed by atoms with van der Waals surface area (Å²) in [6, 6.07) is 13.4. The number of aliphatic hydroxyl groups is 1. The van der Waals surface area contributed by atoms with Crippen LogP contribution in [0.4, 0.5) is 5.82 Å². The monoisotopic (exact) mass is 368 g/mol. The third-order valence-corrected chi connectivity index (χ3v) is 5.30. The highest BCUT2D eigenvalue weighted by atomic mass is 16.7. The van der Waals surface area contributed by atoms with Crippen LogP contribution in [-0.2, 0) is 21.9 Å². The lowest BCUT2D eigenvalue weighted by atomic mass is 9.93. The van der Waals surface area contributed by atoms with Gasteiger partial charge in [-0.05, 0) is 24.1 Å². The van der Waals surface area contributed by atoms with Gasteiger partial charge in [0.1, 0.15) is 23.6 Å². The summed E-state index contributed by atoms with van der Waals surface area (Å²) in [7, 11) is 0. The summed E-state index contributed by atoms with van der Waals surface area (Å²) in [5.74, 6) is -1.27. The summed E-state index contributed by atoms with van der Waals surface area (Å²) >= 11 is 0. The Hall–Kier alpha value is -2.48. The number of benzene rings is 1. The van der Waals surface area contributed by atoms with E-state index >= 15 is 0 Å². The lowest BCUT2D eigenvalue weighted by molar-refractivity contribution is -0.251. The molecule has 2 unspecified atom stereocenters. The minimum Gasteiger partial charge on any atom is -0.382 e. The van der Waals surface area contributed by atoms with Crippen molar-refractivity contribution < 1.29 is 14.6 Å². The Bertz CT molecular complexity index is 929. The van der Waals surface area contributed by atoms with E-state index in [2.05, 4.69) is 10.1 Å². The summed E-state index contributed by atoms with van der Waals surface area (Å²) in [6.07, 6.45) is 1.47. The van der Waals surface area contributed by atoms with Gasteiger partial charge in [-0.3, -0.25) is 0 Å². The predicted octanol–water partition coefficient (Wildman–Crippen LogP) is 2.49. The van der Waals surface area contributed by atoms with Gasteiger partial charge in [-0.1, -0.05) is 44.2 Å². The largest absolute Gasteiger partial charge is 0.382 e. The van der Waals surface area contributed by atoms with Gasteiger partial charge >= 0.3 is 0 Å². The maximum absolute atomic E-state index is 11.6. The van der Waals surface area contributed by atoms with Crippen molar-refractivity contribution in [1.29, 1.82) is 0 Å². The van der Waals surface area contributed by atoms with Crippen molar-refractivity contribution in [3.05, 3.63) is 60.0 Å². The molecule has 0 spiro atoms. The lowest BCUT2D eigenvalue weighted by Crippen LogP contribution is -2.41. The highest BCUT2D eigenvalue weighted by Gasteiger charge is 2.55. The molecule has 7 nitrogen and oxygen atoms in total. The summed E-state index contributed by atoms with van der Waals surface area (Å²) in [4.78, 5) is 4.00. The van der Waals surface area contributed by atoms with Crippen molar-refractivity contribution in [3.63, 3.8) is 0 Å². The average Bonchev–Trinajstić information content (AvgIpc) is 3.22. The van der Waals surface area contributed by atoms with Crippen molar-refractivity contribution in [3.8, 4) is 0 Å². The number of hydrogen-bond donors (Lipinski definition) is 2. The third kappa shape index (κ3) is 2.97. The molecule has 0 aliphatic carbocycles. The molecule has 1 aromatic carbocycles. The number of hydrogen-bond acceptors (Lipinski definition) is 6. The lowest BCUT2D eigenvalue weighted by Gasteiger charge is -2.29. The van der Waals surface area contributed by atoms with E-state index in [1.54, 1.807) is 16.6 Å². The van der Waals surface area contributed by atoms with Crippen LogP contribution in [0, 0.1) is 5.92 Å². The third-order valence-electron chi connectivity index (χ3n) is 5.30. The fourth-order valence-corrected chi connectivity index (χ4v) is 3.87. The molecule has 142 valence electrons. The number of nitrogens with two attached hydrogens (primary N) is 1. The molecule has 3 N–H and O–H groups in total. The molecule has 1 aliphatic rings. The van der Waals surface area contributed by atoms with Crippen molar-refractivity contribution in [2.24, 2.45) is 5.92 Å². The van der Waals surface area contributed by atoms with Crippen LogP contribution in [0.15, 0.2) is 48.8 Å². The van der Waals surface area contributed by atoms with Crippen LogP contribution in [0.3, 0.4) is 0 Å². The molecule has 3 aromatic rings. The first-order valence-corrected chi connectivity index (χ1v) is 9.19. The topological polar surface area (TPSA) is 94.9 Å². The van der Waals surface area contributed by atoms with E-state index < -0.39 is 11.9 Å². The SMILES string of the molecule is CC[C@H]1OC(O)(c2ccc3c(N)ncnn23)C(OCc2ccccc2)[C@@H]1C. The fraction of sp³-hybridized carbons (Fsp3) is 0.400. The zero-order chi connectivity index (χ0) is 19.0. The van der Waals surface area contributed by atoms with Gasteiger partial charge in [0, 0.05) is 5.92 Å². The van der Waals surface area contributed by atoms with Crippen LogP contribution in [0.2, 0.25) is 0 Å². The first-order chi connectivity index (χ1) is 13.0. The molecule has 3 heterocycles. The summed E-state index contributed by atoms with van der Waals surface area (Å²) in [5.41, 5.74) is 8.09. The Labute approximate surface area is 157 Å². The standard InChI is InChI=1S/C20H24N4O3/c1-3-16-13(2)18(26-11-14-7-5-4-6-8-14)20(25,27-16)17-10-9-15-19(21)22-12-23-24(15)17/h4-10,12-13,16,18,25H,3,11H2,1-2H3,(H2,21,22,23)/t13-,16-,18?,20?/m1/s1. The minimum absolute atomic E-state index is 0.00782. The summed E-state index contributed by atoms with van der Waals surface area (Å²) in [6.45, 7) is 4.47. The van der Waals surface area contributed by atoms with E-state index in [1.807, 2.05) is 44.2 Å². The average molecular weight is 368 g/mol. The fourth-order valence-electron chi connectivity index (χ4n) is 3.87. The molecule has 0 amide bonds. The molecule has 1 saturated heterocycles. The molecule has 1 fully saturated rings. The van der Waals surface area contributed by atoms with Gasteiger partial charge in [0.25, 0.3) is 0 Å². The van der Waals surface area contributed by atoms with Crippen molar-refractivity contribution >= 4 is 11.3 Å². The number of nitrogens with zero attached hydrogens (tertiary/aromatic N) is 3. The van der Waals surface area contributed by atoms with Crippen LogP contribution in [-0.4, -0.2) is 31.9 Å². The minimum atomic E-state index is -1.62. The van der Waals surface area contributed by atoms with Gasteiger partial charge in [0.2, 0.25) is 5.79 Å². The van der Waals surface area contributed by atoms with Crippen LogP contribution in [0.5, 0.6) is 0 Å². The van der Waals surface area contributed by atoms with Crippen LogP contribution < -0.4 is 5.73 Å². The molecule has 4 atom stereocenters. The summed E-state index contributed by atoms with van der Waals surface area (Å²) in [5, 5.41) is 15.8. The first-order valence-electron chi connectivity index (χ1n) is 9.19. The number of nitrogen functional groups attached to an aromatic ring is 1. The number of rotatable bonds is 5. The molecular weight excluding hydrogens is 344 g/mol. The van der Waals surface area contributed by atoms with E-state index in [9.17, 15) is 5.11 Å². The van der Waals surface area contributed by atoms with Gasteiger partial charge in [0.05, 0.1) is 12.7 Å². The normalized spacial score (nSPS) is 28.0. The van der Waals surface area contributed by atoms with Crippen LogP contribution in [0.25, 0.3) is 5.52 Å². The maximum atomic E-state index is 11.6. The zero-order valence-electron chi connectivity index (χ0n) is 15.4. The second kappa shape index (κ2) is 6.92. The molecule has 1 aliphatic heterocycles. The van der Waals surface area contributed by atoms with Crippen molar-refractivity contribution in [1.82, 2.24) is 14.6 Å². The van der Waals surface area contributed by atoms with Crippen molar-refractivity contribution in [2.45, 2.75) is 44.9 Å². The predicted molar refractivity (Wildman–Crippen MR) is 101 cm³/mol. The number of ether oxygens (including phenoxy) is 2. The molecule has 4 rings (SSSR count). The van der Waals surface area contributed by atoms with E-state index in [0.29, 0.717) is 23.6 Å². The first kappa shape index (κ1) is 17.9. The number of aromatic nitrogens is 3. The van der Waals surface area contributed by atoms with Crippen LogP contribution in [0.1, 0.15) is 31.5 Å². The van der Waals surface area contributed by atoms with Crippen LogP contribution >= 0.6 is 0 Å². The number of fused-ring (bicyclic) bond motifs is 1. The molecular formula is C20H24N4O3. The molecule has 0 radical (unpaired) electrons. The second-order valence-corrected chi connectivity index (χ2v) is 7.00. The van der Waals surface area contributed by atoms with E-state index in [-0.39, 0.29) is 12.0 Å². The molecule has 7 heteroatoms. The molecule has 0 saturated carbocycles. The maximum Gasteiger partial charge on any atom is 0.237 e. The Morgan fingerprint density at radius 2 is 2.04 bits per heavy atom. The van der Waals surface area contributed by atoms with E-state index in [1.165, 1.54) is 6.33 Å². The Morgan fingerprint density at radius 1 is 1.26 bits per heavy atom. The van der Waals surface area contributed by atoms with Gasteiger partial charge in [-0.25, -0.2) is 9.50 Å². The number of anilines is 1. The van der Waals surface area contributed by atoms with Gasteiger partial charge < -0.3 is 20.3 Å². The molecule has 2 aromatic heterocycles. The molecule has 0 bridgehead atoms. The smallest absolute Gasteiger partial charge is 0.237 e.